The lowest BCUT2D eigenvalue weighted by molar-refractivity contribution is 0.0743. The Labute approximate surface area is 160 Å². The lowest BCUT2D eigenvalue weighted by atomic mass is 10.1. The summed E-state index contributed by atoms with van der Waals surface area (Å²) in [5.41, 5.74) is 7.07. The number of carbonyl (C=O) groups is 1. The van der Waals surface area contributed by atoms with Crippen LogP contribution < -0.4 is 5.73 Å². The highest BCUT2D eigenvalue weighted by molar-refractivity contribution is 7.90. The van der Waals surface area contributed by atoms with Crippen molar-refractivity contribution in [2.24, 2.45) is 11.7 Å². The molecule has 2 N–H and O–H groups in total. The molecule has 2 aromatic rings. The van der Waals surface area contributed by atoms with Crippen LogP contribution in [0, 0.1) is 12.8 Å². The van der Waals surface area contributed by atoms with Crippen LogP contribution in [0.2, 0.25) is 0 Å². The molecule has 26 heavy (non-hydrogen) atoms. The molecule has 142 valence electrons. The van der Waals surface area contributed by atoms with Gasteiger partial charge in [0.15, 0.2) is 0 Å². The standard InChI is InChI=1S/C18H23N3O3S.ClH/c1-13-3-5-17(6-4-13)25(23,24)20-8-7-16(12-20)18(22)21-11-15(10-19)9-14(21)2;/h3-8,12,14-15H,9-11,19H2,1-2H3;1H. The number of halogens is 1. The molecule has 0 spiro atoms. The molecule has 1 fully saturated rings. The van der Waals surface area contributed by atoms with Crippen LogP contribution in [0.4, 0.5) is 0 Å². The fraction of sp³-hybridized carbons (Fsp3) is 0.389. The smallest absolute Gasteiger partial charge is 0.267 e. The summed E-state index contributed by atoms with van der Waals surface area (Å²) in [6, 6.07) is 8.30. The summed E-state index contributed by atoms with van der Waals surface area (Å²) in [4.78, 5) is 14.7. The first-order valence-electron chi connectivity index (χ1n) is 8.34. The van der Waals surface area contributed by atoms with Gasteiger partial charge >= 0.3 is 0 Å². The zero-order valence-corrected chi connectivity index (χ0v) is 16.5. The molecular weight excluding hydrogens is 374 g/mol. The Balaban J connectivity index is 0.00000243. The monoisotopic (exact) mass is 397 g/mol. The van der Waals surface area contributed by atoms with Gasteiger partial charge in [-0.05, 0) is 50.9 Å². The number of benzene rings is 1. The molecule has 1 aliphatic heterocycles. The van der Waals surface area contributed by atoms with Gasteiger partial charge in [0.1, 0.15) is 0 Å². The van der Waals surface area contributed by atoms with Gasteiger partial charge in [0.05, 0.1) is 10.5 Å². The van der Waals surface area contributed by atoms with Gasteiger partial charge < -0.3 is 10.6 Å². The Hall–Kier alpha value is -1.83. The summed E-state index contributed by atoms with van der Waals surface area (Å²) in [5.74, 6) is 0.152. The molecule has 1 saturated heterocycles. The van der Waals surface area contributed by atoms with E-state index in [0.29, 0.717) is 24.6 Å². The lowest BCUT2D eigenvalue weighted by Gasteiger charge is -2.20. The van der Waals surface area contributed by atoms with Crippen molar-refractivity contribution in [1.82, 2.24) is 8.87 Å². The molecular formula is C18H24ClN3O3S. The summed E-state index contributed by atoms with van der Waals surface area (Å²) in [6.45, 7) is 5.06. The zero-order chi connectivity index (χ0) is 18.2. The third-order valence-corrected chi connectivity index (χ3v) is 6.42. The van der Waals surface area contributed by atoms with E-state index in [1.165, 1.54) is 12.4 Å². The number of hydrogen-bond donors (Lipinski definition) is 1. The fourth-order valence-electron chi connectivity index (χ4n) is 3.25. The molecule has 1 aromatic heterocycles. The van der Waals surface area contributed by atoms with Crippen molar-refractivity contribution in [2.75, 3.05) is 13.1 Å². The van der Waals surface area contributed by atoms with Crippen LogP contribution in [0.5, 0.6) is 0 Å². The van der Waals surface area contributed by atoms with E-state index in [-0.39, 0.29) is 29.3 Å². The maximum Gasteiger partial charge on any atom is 0.267 e. The Morgan fingerprint density at radius 1 is 1.23 bits per heavy atom. The first-order chi connectivity index (χ1) is 11.8. The number of amides is 1. The maximum atomic E-state index is 12.7. The van der Waals surface area contributed by atoms with E-state index in [0.717, 1.165) is 16.0 Å². The zero-order valence-electron chi connectivity index (χ0n) is 14.8. The minimum absolute atomic E-state index is 0. The van der Waals surface area contributed by atoms with Crippen LogP contribution in [-0.4, -0.2) is 42.3 Å². The summed E-state index contributed by atoms with van der Waals surface area (Å²) < 4.78 is 26.5. The molecule has 2 unspecified atom stereocenters. The third-order valence-electron chi connectivity index (χ3n) is 4.77. The fourth-order valence-corrected chi connectivity index (χ4v) is 4.44. The van der Waals surface area contributed by atoms with Crippen LogP contribution in [0.1, 0.15) is 29.3 Å². The van der Waals surface area contributed by atoms with Gasteiger partial charge in [-0.3, -0.25) is 4.79 Å². The normalized spacial score (nSPS) is 20.0. The van der Waals surface area contributed by atoms with Gasteiger partial charge in [-0.25, -0.2) is 12.4 Å². The largest absolute Gasteiger partial charge is 0.336 e. The number of nitrogens with zero attached hydrogens (tertiary/aromatic N) is 2. The molecule has 0 aliphatic carbocycles. The van der Waals surface area contributed by atoms with E-state index in [9.17, 15) is 13.2 Å². The predicted molar refractivity (Wildman–Crippen MR) is 103 cm³/mol. The van der Waals surface area contributed by atoms with E-state index >= 15 is 0 Å². The van der Waals surface area contributed by atoms with E-state index in [2.05, 4.69) is 0 Å². The molecule has 1 amide bonds. The number of rotatable bonds is 4. The van der Waals surface area contributed by atoms with Crippen molar-refractivity contribution in [1.29, 1.82) is 0 Å². The molecule has 2 heterocycles. The molecule has 0 bridgehead atoms. The molecule has 2 atom stereocenters. The Bertz CT molecular complexity index is 877. The van der Waals surface area contributed by atoms with E-state index in [1.807, 2.05) is 13.8 Å². The van der Waals surface area contributed by atoms with Crippen molar-refractivity contribution >= 4 is 28.3 Å². The van der Waals surface area contributed by atoms with Gasteiger partial charge in [0.25, 0.3) is 15.9 Å². The Kier molecular flexibility index (Phi) is 6.16. The Morgan fingerprint density at radius 2 is 1.88 bits per heavy atom. The highest BCUT2D eigenvalue weighted by Crippen LogP contribution is 2.25. The van der Waals surface area contributed by atoms with Crippen molar-refractivity contribution in [3.05, 3.63) is 53.9 Å². The highest BCUT2D eigenvalue weighted by Gasteiger charge is 2.32. The quantitative estimate of drug-likeness (QED) is 0.857. The van der Waals surface area contributed by atoms with Crippen molar-refractivity contribution in [2.45, 2.75) is 31.2 Å². The average Bonchev–Trinajstić information content (AvgIpc) is 3.22. The van der Waals surface area contributed by atoms with Gasteiger partial charge in [-0.2, -0.15) is 0 Å². The van der Waals surface area contributed by atoms with Gasteiger partial charge in [0.2, 0.25) is 0 Å². The second-order valence-electron chi connectivity index (χ2n) is 6.69. The van der Waals surface area contributed by atoms with Crippen LogP contribution in [0.15, 0.2) is 47.6 Å². The van der Waals surface area contributed by atoms with Gasteiger partial charge in [-0.1, -0.05) is 17.7 Å². The predicted octanol–water partition coefficient (Wildman–Crippen LogP) is 2.26. The number of aromatic nitrogens is 1. The van der Waals surface area contributed by atoms with Crippen molar-refractivity contribution in [3.63, 3.8) is 0 Å². The highest BCUT2D eigenvalue weighted by atomic mass is 35.5. The van der Waals surface area contributed by atoms with Crippen molar-refractivity contribution in [3.8, 4) is 0 Å². The number of hydrogen-bond acceptors (Lipinski definition) is 4. The minimum Gasteiger partial charge on any atom is -0.336 e. The van der Waals surface area contributed by atoms with E-state index < -0.39 is 10.0 Å². The summed E-state index contributed by atoms with van der Waals surface area (Å²) in [6.07, 6.45) is 3.69. The SMILES string of the molecule is Cc1ccc(S(=O)(=O)n2ccc(C(=O)N3CC(CN)CC3C)c2)cc1.Cl. The molecule has 8 heteroatoms. The molecule has 3 rings (SSSR count). The number of aryl methyl sites for hydroxylation is 1. The summed E-state index contributed by atoms with van der Waals surface area (Å²) in [5, 5.41) is 0. The second-order valence-corrected chi connectivity index (χ2v) is 8.54. The maximum absolute atomic E-state index is 12.7. The number of nitrogens with two attached hydrogens (primary N) is 1. The van der Waals surface area contributed by atoms with Crippen LogP contribution >= 0.6 is 12.4 Å². The third kappa shape index (κ3) is 3.79. The first kappa shape index (κ1) is 20.5. The van der Waals surface area contributed by atoms with Crippen LogP contribution in [0.3, 0.4) is 0 Å². The average molecular weight is 398 g/mol. The van der Waals surface area contributed by atoms with E-state index in [4.69, 9.17) is 5.73 Å². The van der Waals surface area contributed by atoms with E-state index in [1.54, 1.807) is 35.2 Å². The van der Waals surface area contributed by atoms with Gasteiger partial charge in [-0.15, -0.1) is 12.4 Å². The summed E-state index contributed by atoms with van der Waals surface area (Å²) >= 11 is 0. The lowest BCUT2D eigenvalue weighted by Crippen LogP contribution is -2.34. The van der Waals surface area contributed by atoms with Crippen LogP contribution in [0.25, 0.3) is 0 Å². The second kappa shape index (κ2) is 7.82. The van der Waals surface area contributed by atoms with Crippen molar-refractivity contribution < 1.29 is 13.2 Å². The van der Waals surface area contributed by atoms with Gasteiger partial charge in [0, 0.05) is 25.0 Å². The van der Waals surface area contributed by atoms with Crippen LogP contribution in [-0.2, 0) is 10.0 Å². The summed E-state index contributed by atoms with van der Waals surface area (Å²) in [7, 11) is -3.69. The molecule has 0 saturated carbocycles. The molecule has 6 nitrogen and oxygen atoms in total. The topological polar surface area (TPSA) is 85.4 Å². The minimum atomic E-state index is -3.69. The number of likely N-dealkylation sites (tertiary alicyclic amines) is 1. The Morgan fingerprint density at radius 3 is 2.46 bits per heavy atom. The number of carbonyl (C=O) groups excluding carboxylic acids is 1. The molecule has 0 radical (unpaired) electrons. The first-order valence-corrected chi connectivity index (χ1v) is 9.78. The molecule has 1 aliphatic rings. The molecule has 1 aromatic carbocycles.